The zero-order valence-corrected chi connectivity index (χ0v) is 35.3. The van der Waals surface area contributed by atoms with Gasteiger partial charge in [-0.3, -0.25) is 0 Å². The lowest BCUT2D eigenvalue weighted by molar-refractivity contribution is -0.137. The number of benzene rings is 8. The second-order valence-corrected chi connectivity index (χ2v) is 16.8. The number of aryl methyl sites for hydroxylation is 6. The van der Waals surface area contributed by atoms with Gasteiger partial charge < -0.3 is 9.13 Å². The van der Waals surface area contributed by atoms with Gasteiger partial charge >= 0.3 is 6.18 Å². The highest BCUT2D eigenvalue weighted by atomic mass is 19.4. The fraction of sp³-hybridized carbons (Fsp3) is 0.125. The minimum atomic E-state index is -4.79. The molecule has 0 unspecified atom stereocenters. The number of nitrogens with zero attached hydrogens (tertiary/aromatic N) is 3. The van der Waals surface area contributed by atoms with Crippen LogP contribution < -0.4 is 0 Å². The topological polar surface area (TPSA) is 33.6 Å². The summed E-state index contributed by atoms with van der Waals surface area (Å²) >= 11 is 0. The molecule has 0 N–H and O–H groups in total. The van der Waals surface area contributed by atoms with E-state index in [1.54, 1.807) is 39.5 Å². The van der Waals surface area contributed by atoms with Crippen LogP contribution in [-0.4, -0.2) is 9.13 Å². The Morgan fingerprint density at radius 1 is 0.419 bits per heavy atom. The van der Waals surface area contributed by atoms with Gasteiger partial charge in [-0.1, -0.05) is 96.1 Å². The average Bonchev–Trinajstić information content (AvgIpc) is 3.74. The molecule has 3 nitrogen and oxygen atoms in total. The second-order valence-electron chi connectivity index (χ2n) is 16.8. The molecule has 0 amide bonds. The van der Waals surface area contributed by atoms with E-state index in [0.717, 1.165) is 66.1 Å². The molecule has 0 fully saturated rings. The van der Waals surface area contributed by atoms with Crippen LogP contribution in [0.15, 0.2) is 146 Å². The molecule has 0 radical (unpaired) electrons. The maximum absolute atomic E-state index is 16.5. The molecule has 0 spiro atoms. The first-order valence-electron chi connectivity index (χ1n) is 20.8. The van der Waals surface area contributed by atoms with Crippen molar-refractivity contribution in [1.82, 2.24) is 9.13 Å². The molecule has 62 heavy (non-hydrogen) atoms. The number of rotatable bonds is 5. The minimum absolute atomic E-state index is 0.00228. The molecular weight excluding hydrogens is 772 g/mol. The molecule has 10 aromatic rings. The van der Waals surface area contributed by atoms with Gasteiger partial charge in [0.25, 0.3) is 0 Å². The molecule has 10 rings (SSSR count). The Balaban J connectivity index is 1.33. The average molecular weight is 814 g/mol. The molecule has 8 aromatic carbocycles. The van der Waals surface area contributed by atoms with Crippen LogP contribution in [0.5, 0.6) is 0 Å². The molecule has 0 saturated carbocycles. The van der Waals surface area contributed by atoms with E-state index in [-0.39, 0.29) is 11.4 Å². The van der Waals surface area contributed by atoms with Crippen LogP contribution in [-0.2, 0) is 6.18 Å². The number of fused-ring (bicyclic) bond motifs is 6. The van der Waals surface area contributed by atoms with E-state index < -0.39 is 11.7 Å². The van der Waals surface area contributed by atoms with Gasteiger partial charge in [0.1, 0.15) is 5.56 Å². The van der Waals surface area contributed by atoms with E-state index in [1.165, 1.54) is 11.1 Å². The SMILES string of the molecule is Cc1cc(C)c(-c2ccc3c(c2)c2ccccc2n3-c2cc(-c3cccc(C#N)c3)cc(-n3c4ccccc4c4cc(-c5c(C)cc(C)cc5C)ccc43)c2C(F)(F)F)c(C)c1. The summed E-state index contributed by atoms with van der Waals surface area (Å²) in [6, 6.07) is 48.9. The molecule has 0 atom stereocenters. The minimum Gasteiger partial charge on any atom is -0.309 e. The molecule has 2 aromatic heterocycles. The summed E-state index contributed by atoms with van der Waals surface area (Å²) < 4.78 is 53.0. The van der Waals surface area contributed by atoms with E-state index >= 15 is 13.2 Å². The standard InChI is InChI=1S/C56H42F3N3/c1-32-22-34(3)53(35(4)23-32)40-18-20-49-45(27-40)43-14-7-9-16-47(43)61(49)51-29-42(39-13-11-12-38(26-39)31-60)30-52(55(51)56(57,58)59)62-48-17-10-8-15-44(48)46-28-41(19-21-50(46)62)54-36(5)24-33(2)25-37(54)6/h7-30H,1-6H3. The largest absolute Gasteiger partial charge is 0.420 e. The number of hydrogen-bond acceptors (Lipinski definition) is 1. The highest BCUT2D eigenvalue weighted by Gasteiger charge is 2.39. The van der Waals surface area contributed by atoms with Crippen molar-refractivity contribution in [3.63, 3.8) is 0 Å². The summed E-state index contributed by atoms with van der Waals surface area (Å²) in [5, 5.41) is 13.4. The third kappa shape index (κ3) is 6.19. The molecule has 0 bridgehead atoms. The summed E-state index contributed by atoms with van der Waals surface area (Å²) in [6.07, 6.45) is -4.79. The van der Waals surface area contributed by atoms with Gasteiger partial charge in [-0.25, -0.2) is 0 Å². The van der Waals surface area contributed by atoms with Crippen molar-refractivity contribution in [3.05, 3.63) is 190 Å². The summed E-state index contributed by atoms with van der Waals surface area (Å²) in [7, 11) is 0. The maximum atomic E-state index is 16.5. The second kappa shape index (κ2) is 14.4. The van der Waals surface area contributed by atoms with E-state index in [4.69, 9.17) is 0 Å². The Bertz CT molecular complexity index is 3290. The molecule has 302 valence electrons. The normalized spacial score (nSPS) is 11.9. The van der Waals surface area contributed by atoms with Crippen molar-refractivity contribution >= 4 is 43.6 Å². The van der Waals surface area contributed by atoms with Crippen LogP contribution in [0.4, 0.5) is 13.2 Å². The summed E-state index contributed by atoms with van der Waals surface area (Å²) in [4.78, 5) is 0. The fourth-order valence-electron chi connectivity index (χ4n) is 10.2. The zero-order chi connectivity index (χ0) is 43.2. The van der Waals surface area contributed by atoms with Crippen molar-refractivity contribution in [1.29, 1.82) is 5.26 Å². The van der Waals surface area contributed by atoms with E-state index in [1.807, 2.05) is 78.9 Å². The summed E-state index contributed by atoms with van der Waals surface area (Å²) in [6.45, 7) is 12.6. The van der Waals surface area contributed by atoms with Crippen LogP contribution in [0.2, 0.25) is 0 Å². The zero-order valence-electron chi connectivity index (χ0n) is 35.3. The van der Waals surface area contributed by atoms with Crippen LogP contribution in [0, 0.1) is 52.9 Å². The first-order chi connectivity index (χ1) is 29.8. The smallest absolute Gasteiger partial charge is 0.309 e. The maximum Gasteiger partial charge on any atom is 0.420 e. The van der Waals surface area contributed by atoms with Crippen LogP contribution in [0.3, 0.4) is 0 Å². The third-order valence-corrected chi connectivity index (χ3v) is 12.5. The van der Waals surface area contributed by atoms with Crippen molar-refractivity contribution < 1.29 is 13.2 Å². The number of nitriles is 1. The van der Waals surface area contributed by atoms with E-state index in [9.17, 15) is 5.26 Å². The monoisotopic (exact) mass is 813 g/mol. The fourth-order valence-corrected chi connectivity index (χ4v) is 10.2. The van der Waals surface area contributed by atoms with Gasteiger partial charge in [-0.15, -0.1) is 0 Å². The highest BCUT2D eigenvalue weighted by Crippen LogP contribution is 2.47. The van der Waals surface area contributed by atoms with Gasteiger partial charge in [0, 0.05) is 21.5 Å². The molecule has 0 aliphatic heterocycles. The first kappa shape index (κ1) is 38.8. The predicted octanol–water partition coefficient (Wildman–Crippen LogP) is 15.6. The van der Waals surface area contributed by atoms with Crippen LogP contribution in [0.25, 0.3) is 88.4 Å². The predicted molar refractivity (Wildman–Crippen MR) is 250 cm³/mol. The quantitative estimate of drug-likeness (QED) is 0.170. The van der Waals surface area contributed by atoms with E-state index in [0.29, 0.717) is 38.8 Å². The lowest BCUT2D eigenvalue weighted by Crippen LogP contribution is -2.16. The summed E-state index contributed by atoms with van der Waals surface area (Å²) in [5.41, 5.74) is 14.7. The van der Waals surface area contributed by atoms with E-state index in [2.05, 4.69) is 84.0 Å². The molecule has 2 heterocycles. The Hall–Kier alpha value is -7.36. The van der Waals surface area contributed by atoms with Crippen LogP contribution in [0.1, 0.15) is 44.5 Å². The molecular formula is C56H42F3N3. The number of hydrogen-bond donors (Lipinski definition) is 0. The number of halogens is 3. The first-order valence-corrected chi connectivity index (χ1v) is 20.8. The number of alkyl halides is 3. The lowest BCUT2D eigenvalue weighted by Gasteiger charge is -2.23. The molecule has 0 aliphatic carbocycles. The Morgan fingerprint density at radius 3 is 1.29 bits per heavy atom. The van der Waals surface area contributed by atoms with Crippen molar-refractivity contribution in [2.75, 3.05) is 0 Å². The van der Waals surface area contributed by atoms with Crippen LogP contribution >= 0.6 is 0 Å². The Labute approximate surface area is 358 Å². The molecule has 0 aliphatic rings. The third-order valence-electron chi connectivity index (χ3n) is 12.5. The van der Waals surface area contributed by atoms with Gasteiger partial charge in [0.15, 0.2) is 0 Å². The van der Waals surface area contributed by atoms with Gasteiger partial charge in [-0.05, 0) is 158 Å². The Morgan fingerprint density at radius 2 is 0.855 bits per heavy atom. The van der Waals surface area contributed by atoms with Crippen molar-refractivity contribution in [3.8, 4) is 50.8 Å². The van der Waals surface area contributed by atoms with Gasteiger partial charge in [-0.2, -0.15) is 18.4 Å². The number of para-hydroxylation sites is 2. The van der Waals surface area contributed by atoms with Crippen molar-refractivity contribution in [2.45, 2.75) is 47.7 Å². The van der Waals surface area contributed by atoms with Gasteiger partial charge in [0.05, 0.1) is 45.1 Å². The molecule has 0 saturated heterocycles. The van der Waals surface area contributed by atoms with Crippen molar-refractivity contribution in [2.24, 2.45) is 0 Å². The summed E-state index contributed by atoms with van der Waals surface area (Å²) in [5.74, 6) is 0. The number of aromatic nitrogens is 2. The molecule has 6 heteroatoms. The van der Waals surface area contributed by atoms with Gasteiger partial charge in [0.2, 0.25) is 0 Å². The Kier molecular flexibility index (Phi) is 9.01. The lowest BCUT2D eigenvalue weighted by atomic mass is 9.93. The highest BCUT2D eigenvalue weighted by molar-refractivity contribution is 6.12.